The number of ether oxygens (including phenoxy) is 1. The standard InChI is InChI=1S/C18H19F2N3O4/c1-11(12-4-6-14(19)15(20)8-12)22(2)10-18(24)21-16-7-5-13(23(25)26)9-17(16)27-3/h4-9,11H,10H2,1-3H3,(H,21,24). The summed E-state index contributed by atoms with van der Waals surface area (Å²) in [5, 5.41) is 13.4. The number of carbonyl (C=O) groups is 1. The van der Waals surface area contributed by atoms with Crippen LogP contribution in [0, 0.1) is 21.7 Å². The topological polar surface area (TPSA) is 84.7 Å². The van der Waals surface area contributed by atoms with Gasteiger partial charge in [-0.05, 0) is 37.7 Å². The molecule has 0 aliphatic rings. The summed E-state index contributed by atoms with van der Waals surface area (Å²) in [5.41, 5.74) is 0.660. The Bertz CT molecular complexity index is 860. The second-order valence-corrected chi connectivity index (χ2v) is 5.95. The van der Waals surface area contributed by atoms with Gasteiger partial charge in [0.2, 0.25) is 5.91 Å². The monoisotopic (exact) mass is 379 g/mol. The molecule has 0 fully saturated rings. The maximum absolute atomic E-state index is 13.4. The Balaban J connectivity index is 2.06. The van der Waals surface area contributed by atoms with E-state index in [2.05, 4.69) is 5.32 Å². The molecule has 9 heteroatoms. The number of nitro benzene ring substituents is 1. The van der Waals surface area contributed by atoms with Crippen LogP contribution in [-0.2, 0) is 4.79 Å². The van der Waals surface area contributed by atoms with Crippen molar-refractivity contribution < 1.29 is 23.2 Å². The number of halogens is 2. The summed E-state index contributed by atoms with van der Waals surface area (Å²) in [6.07, 6.45) is 0. The molecule has 0 saturated heterocycles. The number of benzene rings is 2. The van der Waals surface area contributed by atoms with Crippen LogP contribution in [0.1, 0.15) is 18.5 Å². The lowest BCUT2D eigenvalue weighted by molar-refractivity contribution is -0.384. The number of carbonyl (C=O) groups excluding carboxylic acids is 1. The zero-order valence-corrected chi connectivity index (χ0v) is 15.0. The summed E-state index contributed by atoms with van der Waals surface area (Å²) in [7, 11) is 3.00. The van der Waals surface area contributed by atoms with Gasteiger partial charge in [-0.25, -0.2) is 8.78 Å². The Kier molecular flexibility index (Phi) is 6.40. The average Bonchev–Trinajstić information content (AvgIpc) is 2.63. The van der Waals surface area contributed by atoms with E-state index in [-0.39, 0.29) is 29.9 Å². The molecule has 2 aromatic rings. The van der Waals surface area contributed by atoms with Gasteiger partial charge in [-0.3, -0.25) is 19.8 Å². The number of hydrogen-bond donors (Lipinski definition) is 1. The van der Waals surface area contributed by atoms with Crippen molar-refractivity contribution in [1.82, 2.24) is 4.90 Å². The van der Waals surface area contributed by atoms with Crippen molar-refractivity contribution in [2.75, 3.05) is 26.0 Å². The average molecular weight is 379 g/mol. The number of anilines is 1. The number of nitrogens with zero attached hydrogens (tertiary/aromatic N) is 2. The molecule has 0 aliphatic heterocycles. The van der Waals surface area contributed by atoms with E-state index in [0.29, 0.717) is 11.3 Å². The predicted octanol–water partition coefficient (Wildman–Crippen LogP) is 3.51. The minimum Gasteiger partial charge on any atom is -0.494 e. The van der Waals surface area contributed by atoms with Crippen molar-refractivity contribution in [3.63, 3.8) is 0 Å². The van der Waals surface area contributed by atoms with Gasteiger partial charge in [-0.2, -0.15) is 0 Å². The molecule has 27 heavy (non-hydrogen) atoms. The molecule has 0 aliphatic carbocycles. The fourth-order valence-corrected chi connectivity index (χ4v) is 2.48. The molecule has 1 amide bonds. The molecule has 0 heterocycles. The van der Waals surface area contributed by atoms with Gasteiger partial charge in [0, 0.05) is 12.1 Å². The fraction of sp³-hybridized carbons (Fsp3) is 0.278. The van der Waals surface area contributed by atoms with Crippen LogP contribution < -0.4 is 10.1 Å². The maximum atomic E-state index is 13.4. The zero-order chi connectivity index (χ0) is 20.1. The Hall–Kier alpha value is -3.07. The Morgan fingerprint density at radius 2 is 1.96 bits per heavy atom. The molecular formula is C18H19F2N3O4. The maximum Gasteiger partial charge on any atom is 0.273 e. The number of nitrogens with one attached hydrogen (secondary N) is 1. The first-order chi connectivity index (χ1) is 12.7. The zero-order valence-electron chi connectivity index (χ0n) is 15.0. The first-order valence-electron chi connectivity index (χ1n) is 8.00. The summed E-state index contributed by atoms with van der Waals surface area (Å²) in [4.78, 5) is 24.2. The molecular weight excluding hydrogens is 360 g/mol. The first kappa shape index (κ1) is 20.2. The lowest BCUT2D eigenvalue weighted by Gasteiger charge is -2.24. The van der Waals surface area contributed by atoms with E-state index in [1.165, 1.54) is 31.4 Å². The van der Waals surface area contributed by atoms with E-state index in [1.54, 1.807) is 18.9 Å². The highest BCUT2D eigenvalue weighted by atomic mass is 19.2. The molecule has 0 radical (unpaired) electrons. The van der Waals surface area contributed by atoms with Crippen molar-refractivity contribution in [3.05, 3.63) is 63.7 Å². The lowest BCUT2D eigenvalue weighted by Crippen LogP contribution is -2.32. The van der Waals surface area contributed by atoms with Crippen molar-refractivity contribution in [2.24, 2.45) is 0 Å². The molecule has 0 saturated carbocycles. The van der Waals surface area contributed by atoms with E-state index in [9.17, 15) is 23.7 Å². The van der Waals surface area contributed by atoms with E-state index in [0.717, 1.165) is 12.1 Å². The number of amides is 1. The molecule has 0 spiro atoms. The molecule has 1 unspecified atom stereocenters. The van der Waals surface area contributed by atoms with E-state index in [1.807, 2.05) is 0 Å². The third-order valence-corrected chi connectivity index (χ3v) is 4.15. The Labute approximate surface area is 154 Å². The molecule has 7 nitrogen and oxygen atoms in total. The van der Waals surface area contributed by atoms with Gasteiger partial charge >= 0.3 is 0 Å². The van der Waals surface area contributed by atoms with E-state index < -0.39 is 16.6 Å². The van der Waals surface area contributed by atoms with Crippen LogP contribution in [0.4, 0.5) is 20.2 Å². The third-order valence-electron chi connectivity index (χ3n) is 4.15. The number of non-ortho nitro benzene ring substituents is 1. The summed E-state index contributed by atoms with van der Waals surface area (Å²) < 4.78 is 31.5. The van der Waals surface area contributed by atoms with Gasteiger partial charge in [0.15, 0.2) is 11.6 Å². The first-order valence-corrected chi connectivity index (χ1v) is 8.00. The van der Waals surface area contributed by atoms with Crippen molar-refractivity contribution in [1.29, 1.82) is 0 Å². The van der Waals surface area contributed by atoms with Gasteiger partial charge in [0.25, 0.3) is 5.69 Å². The second-order valence-electron chi connectivity index (χ2n) is 5.95. The number of rotatable bonds is 7. The van der Waals surface area contributed by atoms with Gasteiger partial charge in [-0.15, -0.1) is 0 Å². The number of methoxy groups -OCH3 is 1. The van der Waals surface area contributed by atoms with Crippen molar-refractivity contribution in [2.45, 2.75) is 13.0 Å². The van der Waals surface area contributed by atoms with Crippen LogP contribution in [-0.4, -0.2) is 36.4 Å². The molecule has 1 N–H and O–H groups in total. The van der Waals surface area contributed by atoms with Crippen LogP contribution in [0.5, 0.6) is 5.75 Å². The van der Waals surface area contributed by atoms with Crippen molar-refractivity contribution in [3.8, 4) is 5.75 Å². The number of hydrogen-bond acceptors (Lipinski definition) is 5. The summed E-state index contributed by atoms with van der Waals surface area (Å²) in [5.74, 6) is -2.11. The van der Waals surface area contributed by atoms with Crippen LogP contribution in [0.25, 0.3) is 0 Å². The van der Waals surface area contributed by atoms with E-state index >= 15 is 0 Å². The highest BCUT2D eigenvalue weighted by Gasteiger charge is 2.18. The third kappa shape index (κ3) is 4.98. The van der Waals surface area contributed by atoms with Gasteiger partial charge in [0.1, 0.15) is 5.75 Å². The minimum atomic E-state index is -0.951. The highest BCUT2D eigenvalue weighted by molar-refractivity contribution is 5.93. The van der Waals surface area contributed by atoms with Crippen LogP contribution in [0.2, 0.25) is 0 Å². The summed E-state index contributed by atoms with van der Waals surface area (Å²) in [6.45, 7) is 1.72. The fourth-order valence-electron chi connectivity index (χ4n) is 2.48. The SMILES string of the molecule is COc1cc([N+](=O)[O-])ccc1NC(=O)CN(C)C(C)c1ccc(F)c(F)c1. The molecule has 1 atom stereocenters. The second kappa shape index (κ2) is 8.54. The molecule has 2 rings (SSSR count). The van der Waals surface area contributed by atoms with Gasteiger partial charge in [0.05, 0.1) is 30.3 Å². The number of likely N-dealkylation sites (N-methyl/N-ethyl adjacent to an activating group) is 1. The molecule has 2 aromatic carbocycles. The minimum absolute atomic E-state index is 0.0414. The van der Waals surface area contributed by atoms with Crippen molar-refractivity contribution >= 4 is 17.3 Å². The Morgan fingerprint density at radius 1 is 1.26 bits per heavy atom. The number of nitro groups is 1. The van der Waals surface area contributed by atoms with Crippen LogP contribution in [0.3, 0.4) is 0 Å². The van der Waals surface area contributed by atoms with Gasteiger partial charge in [-0.1, -0.05) is 6.07 Å². The van der Waals surface area contributed by atoms with Crippen LogP contribution >= 0.6 is 0 Å². The predicted molar refractivity (Wildman–Crippen MR) is 95.7 cm³/mol. The summed E-state index contributed by atoms with van der Waals surface area (Å²) in [6, 6.07) is 7.09. The van der Waals surface area contributed by atoms with Gasteiger partial charge < -0.3 is 10.1 Å². The Morgan fingerprint density at radius 3 is 2.56 bits per heavy atom. The lowest BCUT2D eigenvalue weighted by atomic mass is 10.1. The molecule has 0 aromatic heterocycles. The largest absolute Gasteiger partial charge is 0.494 e. The molecule has 144 valence electrons. The normalized spacial score (nSPS) is 11.9. The van der Waals surface area contributed by atoms with E-state index in [4.69, 9.17) is 4.74 Å². The quantitative estimate of drug-likeness (QED) is 0.588. The van der Waals surface area contributed by atoms with Crippen LogP contribution in [0.15, 0.2) is 36.4 Å². The summed E-state index contributed by atoms with van der Waals surface area (Å²) >= 11 is 0. The smallest absolute Gasteiger partial charge is 0.273 e. The molecule has 0 bridgehead atoms. The highest BCUT2D eigenvalue weighted by Crippen LogP contribution is 2.29.